The summed E-state index contributed by atoms with van der Waals surface area (Å²) in [5.74, 6) is -2.90. The number of hydrogen-bond acceptors (Lipinski definition) is 8. The van der Waals surface area contributed by atoms with Gasteiger partial charge in [-0.1, -0.05) is 12.1 Å². The molecule has 1 aliphatic heterocycles. The second-order valence-corrected chi connectivity index (χ2v) is 12.2. The molecule has 3 aromatic rings. The SMILES string of the molecule is CC(C)(C)OC(=O)CNC(=O)c1c(O)c2cc(S(C)(=O)=O)cc3c2n(c1=O)CC(c1ccc(C(F)(F)F)cc1)O3. The molecule has 1 amide bonds. The molecule has 0 fully saturated rings. The Hall–Kier alpha value is -4.07. The minimum atomic E-state index is -4.58. The minimum Gasteiger partial charge on any atom is -0.506 e. The molecule has 1 atom stereocenters. The molecule has 14 heteroatoms. The Balaban J connectivity index is 1.82. The third kappa shape index (κ3) is 5.76. The van der Waals surface area contributed by atoms with Gasteiger partial charge in [0, 0.05) is 17.7 Å². The lowest BCUT2D eigenvalue weighted by Gasteiger charge is -2.29. The fourth-order valence-electron chi connectivity index (χ4n) is 4.23. The van der Waals surface area contributed by atoms with Crippen LogP contribution in [0.4, 0.5) is 13.2 Å². The number of rotatable bonds is 5. The maximum absolute atomic E-state index is 13.5. The van der Waals surface area contributed by atoms with E-state index >= 15 is 0 Å². The van der Waals surface area contributed by atoms with Gasteiger partial charge in [0.2, 0.25) is 0 Å². The van der Waals surface area contributed by atoms with E-state index in [4.69, 9.17) is 9.47 Å². The molecule has 0 bridgehead atoms. The molecule has 0 saturated heterocycles. The zero-order valence-corrected chi connectivity index (χ0v) is 22.6. The summed E-state index contributed by atoms with van der Waals surface area (Å²) in [5.41, 5.74) is -3.27. The van der Waals surface area contributed by atoms with Crippen LogP contribution in [0.15, 0.2) is 46.1 Å². The van der Waals surface area contributed by atoms with Gasteiger partial charge in [0.25, 0.3) is 11.5 Å². The predicted molar refractivity (Wildman–Crippen MR) is 136 cm³/mol. The normalized spacial score (nSPS) is 15.4. The summed E-state index contributed by atoms with van der Waals surface area (Å²) in [6, 6.07) is 6.21. The van der Waals surface area contributed by atoms with Gasteiger partial charge in [0.1, 0.15) is 35.3 Å². The number of benzene rings is 2. The average molecular weight is 583 g/mol. The Morgan fingerprint density at radius 3 is 2.33 bits per heavy atom. The fourth-order valence-corrected chi connectivity index (χ4v) is 4.88. The Bertz CT molecular complexity index is 1690. The first kappa shape index (κ1) is 28.9. The summed E-state index contributed by atoms with van der Waals surface area (Å²) in [4.78, 5) is 38.2. The second-order valence-electron chi connectivity index (χ2n) is 10.2. The highest BCUT2D eigenvalue weighted by Gasteiger charge is 2.33. The van der Waals surface area contributed by atoms with Crippen molar-refractivity contribution in [1.82, 2.24) is 9.88 Å². The number of sulfone groups is 1. The molecular weight excluding hydrogens is 557 g/mol. The number of carbonyl (C=O) groups is 2. The van der Waals surface area contributed by atoms with Gasteiger partial charge in [-0.2, -0.15) is 13.2 Å². The number of aromatic hydroxyl groups is 1. The van der Waals surface area contributed by atoms with Gasteiger partial charge < -0.3 is 19.9 Å². The third-order valence-corrected chi connectivity index (χ3v) is 7.06. The van der Waals surface area contributed by atoms with Crippen molar-refractivity contribution in [3.05, 3.63) is 63.4 Å². The first-order valence-corrected chi connectivity index (χ1v) is 13.7. The molecule has 0 saturated carbocycles. The van der Waals surface area contributed by atoms with Crippen LogP contribution in [0.2, 0.25) is 0 Å². The highest BCUT2D eigenvalue weighted by molar-refractivity contribution is 7.90. The predicted octanol–water partition coefficient (Wildman–Crippen LogP) is 3.33. The van der Waals surface area contributed by atoms with Crippen LogP contribution in [0.3, 0.4) is 0 Å². The summed E-state index contributed by atoms with van der Waals surface area (Å²) in [5, 5.41) is 13.0. The molecule has 0 aliphatic carbocycles. The largest absolute Gasteiger partial charge is 0.506 e. The van der Waals surface area contributed by atoms with E-state index in [-0.39, 0.29) is 33.7 Å². The highest BCUT2D eigenvalue weighted by Crippen LogP contribution is 2.41. The van der Waals surface area contributed by atoms with Crippen molar-refractivity contribution >= 4 is 32.6 Å². The van der Waals surface area contributed by atoms with Gasteiger partial charge in [-0.05, 0) is 44.5 Å². The van der Waals surface area contributed by atoms with E-state index in [0.29, 0.717) is 0 Å². The van der Waals surface area contributed by atoms with Crippen LogP contribution in [0, 0.1) is 0 Å². The zero-order valence-electron chi connectivity index (χ0n) is 21.7. The molecule has 10 nitrogen and oxygen atoms in total. The average Bonchev–Trinajstić information content (AvgIpc) is 2.83. The number of halogens is 3. The monoisotopic (exact) mass is 582 g/mol. The smallest absolute Gasteiger partial charge is 0.416 e. The van der Waals surface area contributed by atoms with Gasteiger partial charge in [-0.25, -0.2) is 8.42 Å². The van der Waals surface area contributed by atoms with Crippen molar-refractivity contribution in [2.24, 2.45) is 0 Å². The summed E-state index contributed by atoms with van der Waals surface area (Å²) < 4.78 is 76.0. The minimum absolute atomic E-state index is 0.0123. The number of esters is 1. The number of aromatic nitrogens is 1. The van der Waals surface area contributed by atoms with Crippen LogP contribution in [0.5, 0.6) is 11.5 Å². The second kappa shape index (κ2) is 9.84. The first-order chi connectivity index (χ1) is 18.4. The molecule has 2 N–H and O–H groups in total. The molecule has 0 spiro atoms. The van der Waals surface area contributed by atoms with Crippen molar-refractivity contribution < 1.29 is 45.8 Å². The lowest BCUT2D eigenvalue weighted by atomic mass is 10.0. The number of pyridine rings is 1. The lowest BCUT2D eigenvalue weighted by molar-refractivity contribution is -0.153. The zero-order chi connectivity index (χ0) is 29.8. The summed E-state index contributed by atoms with van der Waals surface area (Å²) in [6.45, 7) is 3.94. The van der Waals surface area contributed by atoms with Crippen LogP contribution >= 0.6 is 0 Å². The number of ether oxygens (including phenoxy) is 2. The fraction of sp³-hybridized carbons (Fsp3) is 0.346. The number of carbonyl (C=O) groups excluding carboxylic acids is 2. The van der Waals surface area contributed by atoms with Crippen molar-refractivity contribution in [2.45, 2.75) is 50.1 Å². The van der Waals surface area contributed by atoms with Crippen molar-refractivity contribution in [3.63, 3.8) is 0 Å². The molecule has 2 heterocycles. The molecule has 214 valence electrons. The maximum Gasteiger partial charge on any atom is 0.416 e. The van der Waals surface area contributed by atoms with Gasteiger partial charge in [0.05, 0.1) is 22.5 Å². The maximum atomic E-state index is 13.5. The van der Waals surface area contributed by atoms with Crippen molar-refractivity contribution in [2.75, 3.05) is 12.8 Å². The van der Waals surface area contributed by atoms with E-state index in [0.717, 1.165) is 47.2 Å². The number of hydrogen-bond donors (Lipinski definition) is 2. The Morgan fingerprint density at radius 2 is 1.77 bits per heavy atom. The summed E-state index contributed by atoms with van der Waals surface area (Å²) in [6.07, 6.45) is -4.73. The van der Waals surface area contributed by atoms with Crippen LogP contribution in [0.1, 0.15) is 48.4 Å². The Labute approximate surface area is 226 Å². The highest BCUT2D eigenvalue weighted by atomic mass is 32.2. The Kier molecular flexibility index (Phi) is 7.12. The topological polar surface area (TPSA) is 141 Å². The molecule has 0 radical (unpaired) electrons. The van der Waals surface area contributed by atoms with E-state index in [9.17, 15) is 41.1 Å². The van der Waals surface area contributed by atoms with E-state index in [1.165, 1.54) is 0 Å². The van der Waals surface area contributed by atoms with E-state index in [1.807, 2.05) is 0 Å². The molecule has 4 rings (SSSR count). The molecule has 40 heavy (non-hydrogen) atoms. The molecular formula is C26H25F3N2O8S. The van der Waals surface area contributed by atoms with Crippen molar-refractivity contribution in [1.29, 1.82) is 0 Å². The van der Waals surface area contributed by atoms with E-state index in [1.54, 1.807) is 20.8 Å². The van der Waals surface area contributed by atoms with Gasteiger partial charge >= 0.3 is 12.1 Å². The van der Waals surface area contributed by atoms with Crippen LogP contribution < -0.4 is 15.6 Å². The summed E-state index contributed by atoms with van der Waals surface area (Å²) in [7, 11) is -3.88. The van der Waals surface area contributed by atoms with Crippen molar-refractivity contribution in [3.8, 4) is 11.5 Å². The standard InChI is InChI=1S/C26H25F3N2O8S/c1-25(2,3)39-19(32)11-30-23(34)20-22(33)16-9-15(40(4,36)37)10-17-21(16)31(24(20)35)12-18(38-17)13-5-7-14(8-6-13)26(27,28)29/h5-10,18,33H,11-12H2,1-4H3,(H,30,34). The van der Waals surface area contributed by atoms with Gasteiger partial charge in [-0.15, -0.1) is 0 Å². The third-order valence-electron chi connectivity index (χ3n) is 5.97. The van der Waals surface area contributed by atoms with Gasteiger partial charge in [-0.3, -0.25) is 19.0 Å². The molecule has 1 aliphatic rings. The Morgan fingerprint density at radius 1 is 1.15 bits per heavy atom. The van der Waals surface area contributed by atoms with Gasteiger partial charge in [0.15, 0.2) is 9.84 Å². The number of amides is 1. The van der Waals surface area contributed by atoms with Crippen LogP contribution in [-0.2, 0) is 32.1 Å². The molecule has 1 aromatic heterocycles. The summed E-state index contributed by atoms with van der Waals surface area (Å²) >= 11 is 0. The molecule has 2 aromatic carbocycles. The quantitative estimate of drug-likeness (QED) is 0.437. The lowest BCUT2D eigenvalue weighted by Crippen LogP contribution is -2.39. The first-order valence-electron chi connectivity index (χ1n) is 11.8. The van der Waals surface area contributed by atoms with Crippen LogP contribution in [0.25, 0.3) is 10.9 Å². The number of alkyl halides is 3. The number of nitrogens with zero attached hydrogens (tertiary/aromatic N) is 1. The number of nitrogens with one attached hydrogen (secondary N) is 1. The molecule has 1 unspecified atom stereocenters. The van der Waals surface area contributed by atoms with Crippen LogP contribution in [-0.4, -0.2) is 48.4 Å². The van der Waals surface area contributed by atoms with E-state index < -0.39 is 68.6 Å². The van der Waals surface area contributed by atoms with E-state index in [2.05, 4.69) is 5.32 Å².